The molecule has 0 fully saturated rings. The topological polar surface area (TPSA) is 43.6 Å². The maximum absolute atomic E-state index is 5.88. The molecule has 0 spiro atoms. The SMILES string of the molecule is Cc1nnc(Cl)n1-c1cncc(Br)c1. The van der Waals surface area contributed by atoms with Crippen molar-refractivity contribution in [3.05, 3.63) is 34.0 Å². The van der Waals surface area contributed by atoms with E-state index in [4.69, 9.17) is 11.6 Å². The Morgan fingerprint density at radius 2 is 2.14 bits per heavy atom. The van der Waals surface area contributed by atoms with E-state index in [0.717, 1.165) is 16.0 Å². The van der Waals surface area contributed by atoms with E-state index in [-0.39, 0.29) is 0 Å². The highest BCUT2D eigenvalue weighted by Crippen LogP contribution is 2.18. The fourth-order valence-corrected chi connectivity index (χ4v) is 1.76. The van der Waals surface area contributed by atoms with Gasteiger partial charge < -0.3 is 0 Å². The number of hydrogen-bond acceptors (Lipinski definition) is 3. The van der Waals surface area contributed by atoms with Gasteiger partial charge in [0, 0.05) is 10.7 Å². The van der Waals surface area contributed by atoms with E-state index < -0.39 is 0 Å². The second-order valence-electron chi connectivity index (χ2n) is 2.71. The molecule has 0 aliphatic carbocycles. The molecule has 72 valence electrons. The highest BCUT2D eigenvalue weighted by atomic mass is 79.9. The smallest absolute Gasteiger partial charge is 0.229 e. The largest absolute Gasteiger partial charge is 0.268 e. The molecule has 2 heterocycles. The summed E-state index contributed by atoms with van der Waals surface area (Å²) in [5.74, 6) is 0.731. The predicted octanol–water partition coefficient (Wildman–Crippen LogP) is 2.39. The van der Waals surface area contributed by atoms with Gasteiger partial charge in [-0.3, -0.25) is 9.55 Å². The molecule has 2 aromatic rings. The molecule has 2 rings (SSSR count). The Balaban J connectivity index is 2.59. The van der Waals surface area contributed by atoms with Crippen molar-refractivity contribution in [2.24, 2.45) is 0 Å². The van der Waals surface area contributed by atoms with Gasteiger partial charge in [-0.15, -0.1) is 10.2 Å². The molecular weight excluding hydrogens is 267 g/mol. The second-order valence-corrected chi connectivity index (χ2v) is 3.97. The van der Waals surface area contributed by atoms with Crippen LogP contribution in [0.2, 0.25) is 5.28 Å². The molecule has 0 unspecified atom stereocenters. The zero-order chi connectivity index (χ0) is 10.1. The Kier molecular flexibility index (Phi) is 2.52. The number of aromatic nitrogens is 4. The lowest BCUT2D eigenvalue weighted by Crippen LogP contribution is -1.97. The van der Waals surface area contributed by atoms with Gasteiger partial charge in [-0.25, -0.2) is 0 Å². The standard InChI is InChI=1S/C8H6BrClN4/c1-5-12-13-8(10)14(5)7-2-6(9)3-11-4-7/h2-4H,1H3. The summed E-state index contributed by atoms with van der Waals surface area (Å²) in [5, 5.41) is 7.95. The molecule has 14 heavy (non-hydrogen) atoms. The summed E-state index contributed by atoms with van der Waals surface area (Å²) in [4.78, 5) is 4.04. The van der Waals surface area contributed by atoms with Crippen molar-refractivity contribution in [3.63, 3.8) is 0 Å². The molecular formula is C8H6BrClN4. The average molecular weight is 274 g/mol. The molecule has 2 aromatic heterocycles. The van der Waals surface area contributed by atoms with E-state index in [0.29, 0.717) is 5.28 Å². The van der Waals surface area contributed by atoms with Gasteiger partial charge in [0.2, 0.25) is 5.28 Å². The monoisotopic (exact) mass is 272 g/mol. The molecule has 0 atom stereocenters. The van der Waals surface area contributed by atoms with Gasteiger partial charge in [-0.2, -0.15) is 0 Å². The Morgan fingerprint density at radius 1 is 1.36 bits per heavy atom. The fourth-order valence-electron chi connectivity index (χ4n) is 1.15. The van der Waals surface area contributed by atoms with Crippen molar-refractivity contribution in [3.8, 4) is 5.69 Å². The Bertz CT molecular complexity index is 449. The first-order valence-corrected chi connectivity index (χ1v) is 5.04. The van der Waals surface area contributed by atoms with Crippen molar-refractivity contribution in [1.29, 1.82) is 0 Å². The summed E-state index contributed by atoms with van der Waals surface area (Å²) in [6.07, 6.45) is 3.41. The summed E-state index contributed by atoms with van der Waals surface area (Å²) in [6, 6.07) is 1.90. The average Bonchev–Trinajstić information content (AvgIpc) is 2.46. The minimum Gasteiger partial charge on any atom is -0.268 e. The van der Waals surface area contributed by atoms with Crippen LogP contribution in [0, 0.1) is 6.92 Å². The minimum atomic E-state index is 0.336. The van der Waals surface area contributed by atoms with Crippen LogP contribution in [0.4, 0.5) is 0 Å². The molecule has 0 radical (unpaired) electrons. The molecule has 0 aliphatic rings. The van der Waals surface area contributed by atoms with Gasteiger partial charge >= 0.3 is 0 Å². The number of aryl methyl sites for hydroxylation is 1. The first-order valence-electron chi connectivity index (χ1n) is 3.87. The summed E-state index contributed by atoms with van der Waals surface area (Å²) >= 11 is 9.22. The normalized spacial score (nSPS) is 10.5. The van der Waals surface area contributed by atoms with Gasteiger partial charge in [-0.05, 0) is 40.5 Å². The molecule has 0 saturated heterocycles. The highest BCUT2D eigenvalue weighted by Gasteiger charge is 2.08. The molecule has 0 aromatic carbocycles. The number of halogens is 2. The zero-order valence-electron chi connectivity index (χ0n) is 7.28. The lowest BCUT2D eigenvalue weighted by atomic mass is 10.4. The van der Waals surface area contributed by atoms with Gasteiger partial charge in [0.25, 0.3) is 0 Å². The maximum Gasteiger partial charge on any atom is 0.229 e. The Hall–Kier alpha value is -0.940. The van der Waals surface area contributed by atoms with Crippen LogP contribution >= 0.6 is 27.5 Å². The van der Waals surface area contributed by atoms with E-state index in [9.17, 15) is 0 Å². The van der Waals surface area contributed by atoms with Crippen LogP contribution in [-0.2, 0) is 0 Å². The molecule has 0 N–H and O–H groups in total. The summed E-state index contributed by atoms with van der Waals surface area (Å²) in [5.41, 5.74) is 0.840. The summed E-state index contributed by atoms with van der Waals surface area (Å²) < 4.78 is 2.61. The van der Waals surface area contributed by atoms with Crippen LogP contribution in [0.1, 0.15) is 5.82 Å². The summed E-state index contributed by atoms with van der Waals surface area (Å²) in [7, 11) is 0. The van der Waals surface area contributed by atoms with Crippen molar-refractivity contribution in [2.45, 2.75) is 6.92 Å². The lowest BCUT2D eigenvalue weighted by Gasteiger charge is -2.04. The van der Waals surface area contributed by atoms with E-state index in [2.05, 4.69) is 31.1 Å². The zero-order valence-corrected chi connectivity index (χ0v) is 9.62. The molecule has 4 nitrogen and oxygen atoms in total. The Morgan fingerprint density at radius 3 is 2.71 bits per heavy atom. The van der Waals surface area contributed by atoms with E-state index >= 15 is 0 Å². The van der Waals surface area contributed by atoms with Gasteiger partial charge in [-0.1, -0.05) is 0 Å². The molecule has 0 amide bonds. The first kappa shape index (κ1) is 9.61. The number of hydrogen-bond donors (Lipinski definition) is 0. The third-order valence-corrected chi connectivity index (χ3v) is 2.41. The Labute approximate surface area is 94.1 Å². The molecule has 0 bridgehead atoms. The maximum atomic E-state index is 5.88. The van der Waals surface area contributed by atoms with Crippen LogP contribution in [0.5, 0.6) is 0 Å². The number of nitrogens with zero attached hydrogens (tertiary/aromatic N) is 4. The van der Waals surface area contributed by atoms with Crippen LogP contribution in [0.15, 0.2) is 22.9 Å². The third kappa shape index (κ3) is 1.65. The van der Waals surface area contributed by atoms with Gasteiger partial charge in [0.15, 0.2) is 0 Å². The minimum absolute atomic E-state index is 0.336. The van der Waals surface area contributed by atoms with Crippen LogP contribution in [-0.4, -0.2) is 19.7 Å². The van der Waals surface area contributed by atoms with E-state index in [1.54, 1.807) is 17.0 Å². The fraction of sp³-hybridized carbons (Fsp3) is 0.125. The van der Waals surface area contributed by atoms with Crippen LogP contribution < -0.4 is 0 Å². The lowest BCUT2D eigenvalue weighted by molar-refractivity contribution is 0.960. The molecule has 6 heteroatoms. The van der Waals surface area contributed by atoms with E-state index in [1.807, 2.05) is 13.0 Å². The van der Waals surface area contributed by atoms with Gasteiger partial charge in [0.1, 0.15) is 5.82 Å². The quantitative estimate of drug-likeness (QED) is 0.801. The van der Waals surface area contributed by atoms with Crippen molar-refractivity contribution < 1.29 is 0 Å². The highest BCUT2D eigenvalue weighted by molar-refractivity contribution is 9.10. The number of pyridine rings is 1. The van der Waals surface area contributed by atoms with Crippen molar-refractivity contribution >= 4 is 27.5 Å². The second kappa shape index (κ2) is 3.67. The third-order valence-electron chi connectivity index (χ3n) is 1.73. The summed E-state index contributed by atoms with van der Waals surface area (Å²) in [6.45, 7) is 1.83. The van der Waals surface area contributed by atoms with Crippen molar-refractivity contribution in [1.82, 2.24) is 19.7 Å². The van der Waals surface area contributed by atoms with Crippen LogP contribution in [0.25, 0.3) is 5.69 Å². The van der Waals surface area contributed by atoms with E-state index in [1.165, 1.54) is 0 Å². The van der Waals surface area contributed by atoms with Crippen molar-refractivity contribution in [2.75, 3.05) is 0 Å². The van der Waals surface area contributed by atoms with Gasteiger partial charge in [0.05, 0.1) is 11.9 Å². The number of rotatable bonds is 1. The first-order chi connectivity index (χ1) is 6.68. The predicted molar refractivity (Wildman–Crippen MR) is 56.6 cm³/mol. The van der Waals surface area contributed by atoms with Crippen LogP contribution in [0.3, 0.4) is 0 Å². The molecule has 0 aliphatic heterocycles. The molecule has 0 saturated carbocycles.